The Morgan fingerprint density at radius 3 is 2.45 bits per heavy atom. The second-order valence-electron chi connectivity index (χ2n) is 7.02. The summed E-state index contributed by atoms with van der Waals surface area (Å²) in [4.78, 5) is 12.9. The summed E-state index contributed by atoms with van der Waals surface area (Å²) in [5.74, 6) is -0.950. The van der Waals surface area contributed by atoms with Gasteiger partial charge in [-0.2, -0.15) is 4.72 Å². The number of ether oxygens (including phenoxy) is 1. The number of hydrogen-bond acceptors (Lipinski definition) is 4. The lowest BCUT2D eigenvalue weighted by Crippen LogP contribution is -2.45. The van der Waals surface area contributed by atoms with E-state index in [1.54, 1.807) is 43.3 Å². The first-order chi connectivity index (χ1) is 14.8. The molecule has 0 bridgehead atoms. The van der Waals surface area contributed by atoms with Crippen LogP contribution in [0.4, 0.5) is 10.1 Å². The molecule has 1 amide bonds. The van der Waals surface area contributed by atoms with Gasteiger partial charge in [-0.3, -0.25) is 4.79 Å². The normalized spacial score (nSPS) is 12.2. The predicted octanol–water partition coefficient (Wildman–Crippen LogP) is 3.67. The average Bonchev–Trinajstić information content (AvgIpc) is 2.74. The molecule has 0 unspecified atom stereocenters. The average molecular weight is 443 g/mol. The molecule has 0 fully saturated rings. The van der Waals surface area contributed by atoms with E-state index < -0.39 is 27.8 Å². The van der Waals surface area contributed by atoms with Crippen LogP contribution < -0.4 is 14.8 Å². The molecule has 3 rings (SSSR count). The number of sulfonamides is 1. The van der Waals surface area contributed by atoms with Gasteiger partial charge in [-0.05, 0) is 54.8 Å². The Morgan fingerprint density at radius 1 is 1.03 bits per heavy atom. The van der Waals surface area contributed by atoms with Crippen LogP contribution in [-0.4, -0.2) is 27.5 Å². The fourth-order valence-corrected chi connectivity index (χ4v) is 4.53. The first-order valence-corrected chi connectivity index (χ1v) is 11.0. The number of rotatable bonds is 8. The van der Waals surface area contributed by atoms with E-state index in [4.69, 9.17) is 4.74 Å². The monoisotopic (exact) mass is 442 g/mol. The van der Waals surface area contributed by atoms with Gasteiger partial charge in [0.25, 0.3) is 0 Å². The fourth-order valence-electron chi connectivity index (χ4n) is 3.08. The Kier molecular flexibility index (Phi) is 7.04. The van der Waals surface area contributed by atoms with E-state index in [-0.39, 0.29) is 22.8 Å². The van der Waals surface area contributed by atoms with Crippen LogP contribution in [0, 0.1) is 12.7 Å². The van der Waals surface area contributed by atoms with Gasteiger partial charge in [0, 0.05) is 5.69 Å². The van der Waals surface area contributed by atoms with Crippen molar-refractivity contribution in [3.05, 3.63) is 89.7 Å². The van der Waals surface area contributed by atoms with Crippen LogP contribution in [0.3, 0.4) is 0 Å². The van der Waals surface area contributed by atoms with Gasteiger partial charge in [0.2, 0.25) is 15.9 Å². The Balaban J connectivity index is 1.92. The highest BCUT2D eigenvalue weighted by Crippen LogP contribution is 2.25. The predicted molar refractivity (Wildman–Crippen MR) is 117 cm³/mol. The number of carbonyl (C=O) groups is 1. The van der Waals surface area contributed by atoms with Gasteiger partial charge in [0.1, 0.15) is 22.5 Å². The summed E-state index contributed by atoms with van der Waals surface area (Å²) in [5.41, 5.74) is 1.72. The minimum absolute atomic E-state index is 0.0633. The van der Waals surface area contributed by atoms with E-state index >= 15 is 0 Å². The van der Waals surface area contributed by atoms with E-state index in [2.05, 4.69) is 10.0 Å². The Hall–Kier alpha value is -3.23. The zero-order valence-electron chi connectivity index (χ0n) is 17.1. The zero-order valence-corrected chi connectivity index (χ0v) is 17.9. The molecular weight excluding hydrogens is 419 g/mol. The van der Waals surface area contributed by atoms with Gasteiger partial charge in [0.05, 0.1) is 7.11 Å². The molecule has 2 N–H and O–H groups in total. The minimum atomic E-state index is -4.10. The molecule has 0 spiro atoms. The number of aryl methyl sites for hydroxylation is 1. The van der Waals surface area contributed by atoms with Crippen molar-refractivity contribution in [2.45, 2.75) is 24.3 Å². The van der Waals surface area contributed by atoms with E-state index in [1.807, 2.05) is 6.07 Å². The van der Waals surface area contributed by atoms with Crippen molar-refractivity contribution in [3.8, 4) is 5.75 Å². The third kappa shape index (κ3) is 5.90. The van der Waals surface area contributed by atoms with Gasteiger partial charge in [-0.25, -0.2) is 12.8 Å². The first-order valence-electron chi connectivity index (χ1n) is 9.56. The molecule has 0 aliphatic heterocycles. The second-order valence-corrected chi connectivity index (χ2v) is 8.70. The van der Waals surface area contributed by atoms with E-state index in [0.717, 1.165) is 17.2 Å². The molecule has 31 heavy (non-hydrogen) atoms. The fraction of sp³-hybridized carbons (Fsp3) is 0.174. The number of methoxy groups -OCH3 is 1. The molecule has 0 aromatic heterocycles. The first kappa shape index (κ1) is 22.5. The van der Waals surface area contributed by atoms with Crippen LogP contribution in [0.1, 0.15) is 11.1 Å². The number of anilines is 1. The molecular formula is C23H23FN2O4S. The van der Waals surface area contributed by atoms with E-state index in [0.29, 0.717) is 0 Å². The molecule has 3 aromatic carbocycles. The molecule has 0 heterocycles. The topological polar surface area (TPSA) is 84.5 Å². The van der Waals surface area contributed by atoms with Crippen LogP contribution in [0.25, 0.3) is 0 Å². The summed E-state index contributed by atoms with van der Waals surface area (Å²) >= 11 is 0. The molecule has 0 saturated heterocycles. The Morgan fingerprint density at radius 2 is 1.77 bits per heavy atom. The van der Waals surface area contributed by atoms with Crippen molar-refractivity contribution in [3.63, 3.8) is 0 Å². The molecule has 0 saturated carbocycles. The lowest BCUT2D eigenvalue weighted by atomic mass is 10.1. The summed E-state index contributed by atoms with van der Waals surface area (Å²) in [6.07, 6.45) is 0.106. The molecule has 6 nitrogen and oxygen atoms in total. The summed E-state index contributed by atoms with van der Waals surface area (Å²) < 4.78 is 47.5. The lowest BCUT2D eigenvalue weighted by molar-refractivity contribution is -0.117. The standard InChI is InChI=1S/C23H23FN2O4S/c1-16-11-12-21(30-2)22(13-16)31(28,29)26-20(14-17-7-4-3-5-8-17)23(27)25-19-10-6-9-18(24)15-19/h3-13,15,20,26H,14H2,1-2H3,(H,25,27)/t20-/m0/s1. The number of benzene rings is 3. The van der Waals surface area contributed by atoms with Crippen LogP contribution in [0.2, 0.25) is 0 Å². The third-order valence-electron chi connectivity index (χ3n) is 4.60. The van der Waals surface area contributed by atoms with Crippen LogP contribution in [-0.2, 0) is 21.2 Å². The van der Waals surface area contributed by atoms with Gasteiger partial charge >= 0.3 is 0 Å². The summed E-state index contributed by atoms with van der Waals surface area (Å²) in [7, 11) is -2.72. The van der Waals surface area contributed by atoms with Gasteiger partial charge in [0.15, 0.2) is 0 Å². The van der Waals surface area contributed by atoms with E-state index in [1.165, 1.54) is 31.4 Å². The van der Waals surface area contributed by atoms with Gasteiger partial charge < -0.3 is 10.1 Å². The Bertz CT molecular complexity index is 1170. The molecule has 8 heteroatoms. The largest absolute Gasteiger partial charge is 0.495 e. The van der Waals surface area contributed by atoms with Crippen molar-refractivity contribution >= 4 is 21.6 Å². The number of amides is 1. The highest BCUT2D eigenvalue weighted by Gasteiger charge is 2.28. The number of halogens is 1. The molecule has 162 valence electrons. The maximum absolute atomic E-state index is 13.5. The zero-order chi connectivity index (χ0) is 22.4. The SMILES string of the molecule is COc1ccc(C)cc1S(=O)(=O)N[C@@H](Cc1ccccc1)C(=O)Nc1cccc(F)c1. The quantitative estimate of drug-likeness (QED) is 0.558. The van der Waals surface area contributed by atoms with Crippen molar-refractivity contribution in [2.24, 2.45) is 0 Å². The van der Waals surface area contributed by atoms with Crippen LogP contribution >= 0.6 is 0 Å². The summed E-state index contributed by atoms with van der Waals surface area (Å²) in [6, 6.07) is 18.0. The van der Waals surface area contributed by atoms with Crippen LogP contribution in [0.5, 0.6) is 5.75 Å². The third-order valence-corrected chi connectivity index (χ3v) is 6.09. The van der Waals surface area contributed by atoms with E-state index in [9.17, 15) is 17.6 Å². The molecule has 3 aromatic rings. The van der Waals surface area contributed by atoms with Crippen molar-refractivity contribution in [1.29, 1.82) is 0 Å². The van der Waals surface area contributed by atoms with Gasteiger partial charge in [-0.1, -0.05) is 42.5 Å². The number of carbonyl (C=O) groups excluding carboxylic acids is 1. The van der Waals surface area contributed by atoms with Crippen LogP contribution in [0.15, 0.2) is 77.7 Å². The molecule has 0 radical (unpaired) electrons. The molecule has 1 atom stereocenters. The summed E-state index contributed by atoms with van der Waals surface area (Å²) in [5, 5.41) is 2.58. The maximum atomic E-state index is 13.5. The smallest absolute Gasteiger partial charge is 0.245 e. The molecule has 0 aliphatic rings. The van der Waals surface area contributed by atoms with Gasteiger partial charge in [-0.15, -0.1) is 0 Å². The molecule has 0 aliphatic carbocycles. The highest BCUT2D eigenvalue weighted by atomic mass is 32.2. The lowest BCUT2D eigenvalue weighted by Gasteiger charge is -2.20. The minimum Gasteiger partial charge on any atom is -0.495 e. The highest BCUT2D eigenvalue weighted by molar-refractivity contribution is 7.89. The number of nitrogens with one attached hydrogen (secondary N) is 2. The van der Waals surface area contributed by atoms with Crippen molar-refractivity contribution in [1.82, 2.24) is 4.72 Å². The van der Waals surface area contributed by atoms with Crippen molar-refractivity contribution < 1.29 is 22.3 Å². The Labute approximate surface area is 181 Å². The second kappa shape index (κ2) is 9.72. The summed E-state index contributed by atoms with van der Waals surface area (Å²) in [6.45, 7) is 1.76. The number of hydrogen-bond donors (Lipinski definition) is 2. The maximum Gasteiger partial charge on any atom is 0.245 e. The van der Waals surface area contributed by atoms with Crippen molar-refractivity contribution in [2.75, 3.05) is 12.4 Å².